The zero-order valence-corrected chi connectivity index (χ0v) is 17.0. The molecule has 3 rings (SSSR count). The molecule has 0 radical (unpaired) electrons. The lowest BCUT2D eigenvalue weighted by Crippen LogP contribution is -2.17. The van der Waals surface area contributed by atoms with Crippen LogP contribution in [0.3, 0.4) is 0 Å². The molecule has 0 spiro atoms. The van der Waals surface area contributed by atoms with Crippen molar-refractivity contribution in [3.63, 3.8) is 0 Å². The van der Waals surface area contributed by atoms with Crippen LogP contribution in [-0.2, 0) is 4.79 Å². The fraction of sp³-hybridized carbons (Fsp3) is 0.200. The summed E-state index contributed by atoms with van der Waals surface area (Å²) in [5.41, 5.74) is 1.88. The van der Waals surface area contributed by atoms with Crippen molar-refractivity contribution in [2.45, 2.75) is 13.3 Å². The van der Waals surface area contributed by atoms with Crippen LogP contribution in [0.5, 0.6) is 11.5 Å². The summed E-state index contributed by atoms with van der Waals surface area (Å²) in [6.07, 6.45) is 2.55. The SMILES string of the molecule is Cc1cc(OCCCOc2cccc(/C=C3/SC(=S)NC3=O)c2)ccc1Cl. The third kappa shape index (κ3) is 5.73. The third-order valence-corrected chi connectivity index (χ3v) is 5.34. The van der Waals surface area contributed by atoms with Gasteiger partial charge in [0.15, 0.2) is 0 Å². The Morgan fingerprint density at radius 3 is 2.56 bits per heavy atom. The second-order valence-electron chi connectivity index (χ2n) is 5.89. The van der Waals surface area contributed by atoms with E-state index >= 15 is 0 Å². The smallest absolute Gasteiger partial charge is 0.263 e. The van der Waals surface area contributed by atoms with Gasteiger partial charge in [-0.1, -0.05) is 47.7 Å². The second-order valence-corrected chi connectivity index (χ2v) is 8.01. The Labute approximate surface area is 172 Å². The van der Waals surface area contributed by atoms with E-state index in [0.717, 1.165) is 34.1 Å². The average Bonchev–Trinajstić information content (AvgIpc) is 2.95. The molecule has 27 heavy (non-hydrogen) atoms. The Bertz CT molecular complexity index is 899. The zero-order chi connectivity index (χ0) is 19.2. The number of amides is 1. The number of carbonyl (C=O) groups excluding carboxylic acids is 1. The van der Waals surface area contributed by atoms with E-state index < -0.39 is 0 Å². The monoisotopic (exact) mass is 419 g/mol. The number of hydrogen-bond acceptors (Lipinski definition) is 5. The standard InChI is InChI=1S/C20H18ClNO3S2/c1-13-10-16(6-7-17(13)21)25-9-3-8-24-15-5-2-4-14(11-15)12-18-19(23)22-20(26)27-18/h2,4-7,10-12H,3,8-9H2,1H3,(H,22,23,26)/b18-12+. The van der Waals surface area contributed by atoms with Crippen LogP contribution in [0, 0.1) is 6.92 Å². The van der Waals surface area contributed by atoms with Gasteiger partial charge < -0.3 is 14.8 Å². The number of aryl methyl sites for hydroxylation is 1. The van der Waals surface area contributed by atoms with Crippen LogP contribution in [-0.4, -0.2) is 23.4 Å². The molecule has 140 valence electrons. The number of rotatable bonds is 7. The fourth-order valence-corrected chi connectivity index (χ4v) is 3.57. The van der Waals surface area contributed by atoms with Gasteiger partial charge in [-0.25, -0.2) is 0 Å². The molecule has 1 aliphatic rings. The van der Waals surface area contributed by atoms with Crippen LogP contribution in [0.25, 0.3) is 6.08 Å². The van der Waals surface area contributed by atoms with Gasteiger partial charge in [0.05, 0.1) is 18.1 Å². The topological polar surface area (TPSA) is 47.6 Å². The first-order chi connectivity index (χ1) is 13.0. The summed E-state index contributed by atoms with van der Waals surface area (Å²) in [6.45, 7) is 3.03. The van der Waals surface area contributed by atoms with Crippen molar-refractivity contribution in [2.75, 3.05) is 13.2 Å². The molecule has 0 unspecified atom stereocenters. The first kappa shape index (κ1) is 19.7. The maximum atomic E-state index is 11.7. The maximum Gasteiger partial charge on any atom is 0.263 e. The van der Waals surface area contributed by atoms with Crippen molar-refractivity contribution in [1.29, 1.82) is 0 Å². The molecule has 1 aliphatic heterocycles. The minimum absolute atomic E-state index is 0.161. The molecule has 1 N–H and O–H groups in total. The van der Waals surface area contributed by atoms with E-state index in [4.69, 9.17) is 33.3 Å². The first-order valence-electron chi connectivity index (χ1n) is 8.38. The van der Waals surface area contributed by atoms with Gasteiger partial charge >= 0.3 is 0 Å². The van der Waals surface area contributed by atoms with Crippen molar-refractivity contribution in [1.82, 2.24) is 5.32 Å². The molecule has 7 heteroatoms. The maximum absolute atomic E-state index is 11.7. The van der Waals surface area contributed by atoms with Crippen LogP contribution in [0.15, 0.2) is 47.4 Å². The van der Waals surface area contributed by atoms with Gasteiger partial charge in [-0.2, -0.15) is 0 Å². The normalized spacial score (nSPS) is 15.1. The molecule has 4 nitrogen and oxygen atoms in total. The van der Waals surface area contributed by atoms with Gasteiger partial charge in [-0.05, 0) is 54.5 Å². The highest BCUT2D eigenvalue weighted by Crippen LogP contribution is 2.27. The number of ether oxygens (including phenoxy) is 2. The summed E-state index contributed by atoms with van der Waals surface area (Å²) in [6, 6.07) is 13.2. The predicted molar refractivity (Wildman–Crippen MR) is 115 cm³/mol. The van der Waals surface area contributed by atoms with E-state index in [1.165, 1.54) is 11.8 Å². The summed E-state index contributed by atoms with van der Waals surface area (Å²) in [7, 11) is 0. The Hall–Kier alpha value is -2.02. The highest BCUT2D eigenvalue weighted by atomic mass is 35.5. The van der Waals surface area contributed by atoms with Crippen LogP contribution < -0.4 is 14.8 Å². The van der Waals surface area contributed by atoms with Gasteiger partial charge in [0.25, 0.3) is 5.91 Å². The molecule has 0 aliphatic carbocycles. The largest absolute Gasteiger partial charge is 0.493 e. The van der Waals surface area contributed by atoms with E-state index in [0.29, 0.717) is 22.4 Å². The number of halogens is 1. The first-order valence-corrected chi connectivity index (χ1v) is 9.98. The molecular weight excluding hydrogens is 402 g/mol. The van der Waals surface area contributed by atoms with E-state index in [-0.39, 0.29) is 5.91 Å². The van der Waals surface area contributed by atoms with E-state index in [1.807, 2.05) is 49.4 Å². The average molecular weight is 420 g/mol. The van der Waals surface area contributed by atoms with Crippen LogP contribution >= 0.6 is 35.6 Å². The number of carbonyl (C=O) groups is 1. The van der Waals surface area contributed by atoms with Gasteiger partial charge in [0.1, 0.15) is 15.8 Å². The van der Waals surface area contributed by atoms with Gasteiger partial charge in [0, 0.05) is 11.4 Å². The molecule has 1 saturated heterocycles. The second kappa shape index (κ2) is 9.26. The Kier molecular flexibility index (Phi) is 6.77. The van der Waals surface area contributed by atoms with Crippen LogP contribution in [0.4, 0.5) is 0 Å². The molecule has 2 aromatic carbocycles. The molecule has 2 aromatic rings. The number of thiocarbonyl (C=S) groups is 1. The van der Waals surface area contributed by atoms with E-state index in [2.05, 4.69) is 5.32 Å². The number of hydrogen-bond donors (Lipinski definition) is 1. The molecule has 0 saturated carbocycles. The molecular formula is C20H18ClNO3S2. The molecule has 0 aromatic heterocycles. The Morgan fingerprint density at radius 1 is 1.15 bits per heavy atom. The van der Waals surface area contributed by atoms with Crippen LogP contribution in [0.2, 0.25) is 5.02 Å². The van der Waals surface area contributed by atoms with E-state index in [1.54, 1.807) is 6.08 Å². The number of nitrogens with one attached hydrogen (secondary N) is 1. The Morgan fingerprint density at radius 2 is 1.89 bits per heavy atom. The van der Waals surface area contributed by atoms with Crippen molar-refractivity contribution in [3.05, 3.63) is 63.5 Å². The molecule has 1 fully saturated rings. The van der Waals surface area contributed by atoms with Gasteiger partial charge in [0.2, 0.25) is 0 Å². The summed E-state index contributed by atoms with van der Waals surface area (Å²) < 4.78 is 12.0. The Balaban J connectivity index is 1.47. The fourth-order valence-electron chi connectivity index (χ4n) is 2.41. The summed E-state index contributed by atoms with van der Waals surface area (Å²) >= 11 is 12.3. The lowest BCUT2D eigenvalue weighted by atomic mass is 10.2. The molecule has 1 heterocycles. The summed E-state index contributed by atoms with van der Waals surface area (Å²) in [5.74, 6) is 1.39. The highest BCUT2D eigenvalue weighted by molar-refractivity contribution is 8.26. The minimum Gasteiger partial charge on any atom is -0.493 e. The molecule has 0 atom stereocenters. The van der Waals surface area contributed by atoms with Crippen molar-refractivity contribution in [2.24, 2.45) is 0 Å². The third-order valence-electron chi connectivity index (χ3n) is 3.75. The number of thioether (sulfide) groups is 1. The summed E-state index contributed by atoms with van der Waals surface area (Å²) in [4.78, 5) is 12.3. The molecule has 0 bridgehead atoms. The van der Waals surface area contributed by atoms with Crippen LogP contribution in [0.1, 0.15) is 17.5 Å². The highest BCUT2D eigenvalue weighted by Gasteiger charge is 2.21. The van der Waals surface area contributed by atoms with Gasteiger partial charge in [-0.3, -0.25) is 4.79 Å². The lowest BCUT2D eigenvalue weighted by Gasteiger charge is -2.09. The molecule has 1 amide bonds. The van der Waals surface area contributed by atoms with E-state index in [9.17, 15) is 4.79 Å². The minimum atomic E-state index is -0.161. The lowest BCUT2D eigenvalue weighted by molar-refractivity contribution is -0.115. The number of benzene rings is 2. The summed E-state index contributed by atoms with van der Waals surface area (Å²) in [5, 5.41) is 3.34. The quantitative estimate of drug-likeness (QED) is 0.389. The predicted octanol–water partition coefficient (Wildman–Crippen LogP) is 4.99. The van der Waals surface area contributed by atoms with Gasteiger partial charge in [-0.15, -0.1) is 0 Å². The van der Waals surface area contributed by atoms with Crippen molar-refractivity contribution in [3.8, 4) is 11.5 Å². The zero-order valence-electron chi connectivity index (χ0n) is 14.7. The van der Waals surface area contributed by atoms with Crippen molar-refractivity contribution >= 4 is 51.9 Å². The van der Waals surface area contributed by atoms with Crippen molar-refractivity contribution < 1.29 is 14.3 Å².